The topological polar surface area (TPSA) is 89.1 Å². The highest BCUT2D eigenvalue weighted by atomic mass is 35.5. The van der Waals surface area contributed by atoms with Gasteiger partial charge in [0.25, 0.3) is 0 Å². The Hall–Kier alpha value is -1.88. The number of carboxylic acids is 1. The second-order valence-corrected chi connectivity index (χ2v) is 4.10. The maximum Gasteiger partial charge on any atom is 0.337 e. The van der Waals surface area contributed by atoms with E-state index in [1.54, 1.807) is 13.8 Å². The number of nitrogen functional groups attached to an aromatic ring is 1. The van der Waals surface area contributed by atoms with Gasteiger partial charge in [0.15, 0.2) is 0 Å². The number of benzene rings is 1. The molecule has 0 fully saturated rings. The van der Waals surface area contributed by atoms with Crippen LogP contribution in [0.15, 0.2) is 6.07 Å². The van der Waals surface area contributed by atoms with Crippen LogP contribution in [0.2, 0.25) is 5.02 Å². The van der Waals surface area contributed by atoms with Crippen molar-refractivity contribution in [2.45, 2.75) is 13.8 Å². The van der Waals surface area contributed by atoms with Crippen LogP contribution in [0.1, 0.15) is 21.7 Å². The van der Waals surface area contributed by atoms with Gasteiger partial charge >= 0.3 is 5.97 Å². The molecule has 0 aliphatic heterocycles. The van der Waals surface area contributed by atoms with Crippen LogP contribution in [0.4, 0.5) is 5.69 Å². The minimum absolute atomic E-state index is 0.0178. The molecular weight excluding hydrogens is 242 g/mol. The Bertz CT molecular complexity index is 640. The van der Waals surface area contributed by atoms with Crippen molar-refractivity contribution >= 4 is 34.3 Å². The predicted octanol–water partition coefficient (Wildman–Crippen LogP) is 2.18. The minimum atomic E-state index is -1.13. The van der Waals surface area contributed by atoms with Gasteiger partial charge in [0.2, 0.25) is 0 Å². The second kappa shape index (κ2) is 3.85. The number of carboxylic acid groups (broad SMARTS) is 1. The van der Waals surface area contributed by atoms with Crippen molar-refractivity contribution in [1.82, 2.24) is 9.97 Å². The zero-order chi connectivity index (χ0) is 12.7. The summed E-state index contributed by atoms with van der Waals surface area (Å²) in [5.74, 6) is -1.13. The first kappa shape index (κ1) is 11.6. The van der Waals surface area contributed by atoms with Gasteiger partial charge in [-0.1, -0.05) is 11.6 Å². The maximum absolute atomic E-state index is 11.0. The van der Waals surface area contributed by atoms with E-state index >= 15 is 0 Å². The maximum atomic E-state index is 11.0. The van der Waals surface area contributed by atoms with Crippen LogP contribution in [0.25, 0.3) is 11.0 Å². The molecule has 3 N–H and O–H groups in total. The van der Waals surface area contributed by atoms with Gasteiger partial charge < -0.3 is 10.8 Å². The van der Waals surface area contributed by atoms with Gasteiger partial charge in [0.05, 0.1) is 33.2 Å². The van der Waals surface area contributed by atoms with Crippen LogP contribution >= 0.6 is 11.6 Å². The van der Waals surface area contributed by atoms with Crippen molar-refractivity contribution in [3.05, 3.63) is 28.0 Å². The van der Waals surface area contributed by atoms with E-state index in [1.807, 2.05) is 0 Å². The molecule has 88 valence electrons. The summed E-state index contributed by atoms with van der Waals surface area (Å²) in [4.78, 5) is 19.5. The van der Waals surface area contributed by atoms with E-state index in [-0.39, 0.29) is 16.3 Å². The molecule has 0 unspecified atom stereocenters. The molecule has 0 saturated heterocycles. The molecule has 0 atom stereocenters. The molecule has 0 aliphatic carbocycles. The highest BCUT2D eigenvalue weighted by Gasteiger charge is 2.16. The normalized spacial score (nSPS) is 10.8. The standard InChI is InChI=1S/C11H10ClN3O2/c1-4-5(2)15-10-7(14-4)3-6(11(16)17)9(13)8(10)12/h3H,13H2,1-2H3,(H,16,17). The molecule has 1 heterocycles. The van der Waals surface area contributed by atoms with Gasteiger partial charge in [0, 0.05) is 0 Å². The van der Waals surface area contributed by atoms with Crippen molar-refractivity contribution in [2.24, 2.45) is 0 Å². The third-order valence-corrected chi connectivity index (χ3v) is 2.96. The Labute approximate surface area is 102 Å². The van der Waals surface area contributed by atoms with Gasteiger partial charge in [-0.3, -0.25) is 0 Å². The number of fused-ring (bicyclic) bond motifs is 1. The monoisotopic (exact) mass is 251 g/mol. The Kier molecular flexibility index (Phi) is 2.63. The second-order valence-electron chi connectivity index (χ2n) is 3.72. The Morgan fingerprint density at radius 3 is 2.53 bits per heavy atom. The predicted molar refractivity (Wildman–Crippen MR) is 65.4 cm³/mol. The van der Waals surface area contributed by atoms with Gasteiger partial charge in [-0.25, -0.2) is 14.8 Å². The third kappa shape index (κ3) is 1.78. The fourth-order valence-corrected chi connectivity index (χ4v) is 1.76. The molecule has 0 aliphatic rings. The zero-order valence-electron chi connectivity index (χ0n) is 9.28. The first-order chi connectivity index (χ1) is 7.91. The number of anilines is 1. The molecule has 1 aromatic carbocycles. The van der Waals surface area contributed by atoms with Crippen molar-refractivity contribution < 1.29 is 9.90 Å². The lowest BCUT2D eigenvalue weighted by molar-refractivity contribution is 0.0698. The zero-order valence-corrected chi connectivity index (χ0v) is 10.0. The van der Waals surface area contributed by atoms with Crippen LogP contribution in [0, 0.1) is 13.8 Å². The smallest absolute Gasteiger partial charge is 0.337 e. The number of nitrogens with two attached hydrogens (primary N) is 1. The summed E-state index contributed by atoms with van der Waals surface area (Å²) >= 11 is 6.01. The summed E-state index contributed by atoms with van der Waals surface area (Å²) in [7, 11) is 0. The average Bonchev–Trinajstić information content (AvgIpc) is 2.26. The van der Waals surface area contributed by atoms with E-state index in [1.165, 1.54) is 6.07 Å². The van der Waals surface area contributed by atoms with Crippen LogP contribution in [-0.2, 0) is 0 Å². The van der Waals surface area contributed by atoms with Crippen molar-refractivity contribution in [2.75, 3.05) is 5.73 Å². The van der Waals surface area contributed by atoms with Gasteiger partial charge in [-0.2, -0.15) is 0 Å². The van der Waals surface area contributed by atoms with Crippen molar-refractivity contribution in [3.63, 3.8) is 0 Å². The summed E-state index contributed by atoms with van der Waals surface area (Å²) < 4.78 is 0. The largest absolute Gasteiger partial charge is 0.478 e. The molecule has 6 heteroatoms. The highest BCUT2D eigenvalue weighted by Crippen LogP contribution is 2.30. The van der Waals surface area contributed by atoms with Crippen LogP contribution in [-0.4, -0.2) is 21.0 Å². The lowest BCUT2D eigenvalue weighted by atomic mass is 10.1. The summed E-state index contributed by atoms with van der Waals surface area (Å²) in [5, 5.41) is 9.12. The number of hydrogen-bond acceptors (Lipinski definition) is 4. The Morgan fingerprint density at radius 1 is 1.35 bits per heavy atom. The van der Waals surface area contributed by atoms with E-state index in [4.69, 9.17) is 22.4 Å². The molecule has 0 radical (unpaired) electrons. The van der Waals surface area contributed by atoms with E-state index in [9.17, 15) is 4.79 Å². The van der Waals surface area contributed by atoms with E-state index in [0.29, 0.717) is 11.0 Å². The minimum Gasteiger partial charge on any atom is -0.478 e. The summed E-state index contributed by atoms with van der Waals surface area (Å²) in [5.41, 5.74) is 7.95. The fraction of sp³-hybridized carbons (Fsp3) is 0.182. The van der Waals surface area contributed by atoms with E-state index in [2.05, 4.69) is 9.97 Å². The first-order valence-corrected chi connectivity index (χ1v) is 5.26. The molecule has 2 rings (SSSR count). The summed E-state index contributed by atoms with van der Waals surface area (Å²) in [6.45, 7) is 3.60. The SMILES string of the molecule is Cc1nc2cc(C(=O)O)c(N)c(Cl)c2nc1C. The quantitative estimate of drug-likeness (QED) is 0.759. The van der Waals surface area contributed by atoms with Crippen LogP contribution in [0.3, 0.4) is 0 Å². The number of halogens is 1. The molecule has 5 nitrogen and oxygen atoms in total. The molecule has 2 aromatic rings. The van der Waals surface area contributed by atoms with Crippen LogP contribution < -0.4 is 5.73 Å². The number of aromatic nitrogens is 2. The number of aryl methyl sites for hydroxylation is 2. The molecule has 1 aromatic heterocycles. The molecule has 0 spiro atoms. The molecular formula is C11H10ClN3O2. The molecule has 0 saturated carbocycles. The van der Waals surface area contributed by atoms with E-state index < -0.39 is 5.97 Å². The Balaban J connectivity index is 2.91. The van der Waals surface area contributed by atoms with Crippen LogP contribution in [0.5, 0.6) is 0 Å². The Morgan fingerprint density at radius 2 is 1.94 bits per heavy atom. The lowest BCUT2D eigenvalue weighted by Gasteiger charge is -2.08. The number of aromatic carboxylic acids is 1. The number of hydrogen-bond donors (Lipinski definition) is 2. The van der Waals surface area contributed by atoms with E-state index in [0.717, 1.165) is 11.4 Å². The molecule has 0 amide bonds. The lowest BCUT2D eigenvalue weighted by Crippen LogP contribution is -2.05. The van der Waals surface area contributed by atoms with Gasteiger partial charge in [-0.15, -0.1) is 0 Å². The highest BCUT2D eigenvalue weighted by molar-refractivity contribution is 6.38. The van der Waals surface area contributed by atoms with Gasteiger partial charge in [0.1, 0.15) is 5.52 Å². The first-order valence-electron chi connectivity index (χ1n) is 4.88. The fourth-order valence-electron chi connectivity index (χ4n) is 1.52. The molecule has 0 bridgehead atoms. The number of nitrogens with zero attached hydrogens (tertiary/aromatic N) is 2. The molecule has 17 heavy (non-hydrogen) atoms. The summed E-state index contributed by atoms with van der Waals surface area (Å²) in [6, 6.07) is 1.39. The van der Waals surface area contributed by atoms with Crippen molar-refractivity contribution in [1.29, 1.82) is 0 Å². The van der Waals surface area contributed by atoms with Crippen molar-refractivity contribution in [3.8, 4) is 0 Å². The third-order valence-electron chi connectivity index (χ3n) is 2.58. The van der Waals surface area contributed by atoms with Gasteiger partial charge in [-0.05, 0) is 19.9 Å². The number of carbonyl (C=O) groups is 1. The average molecular weight is 252 g/mol. The number of rotatable bonds is 1. The summed E-state index contributed by atoms with van der Waals surface area (Å²) in [6.07, 6.45) is 0.